The Hall–Kier alpha value is -3.80. The molecule has 0 saturated carbocycles. The smallest absolute Gasteiger partial charge is 0.275 e. The Morgan fingerprint density at radius 2 is 1.70 bits per heavy atom. The number of carbonyl (C=O) groups is 1. The van der Waals surface area contributed by atoms with Gasteiger partial charge in [-0.2, -0.15) is 5.10 Å². The number of hydrazone groups is 1. The molecule has 0 bridgehead atoms. The maximum Gasteiger partial charge on any atom is 0.275 e. The summed E-state index contributed by atoms with van der Waals surface area (Å²) in [5, 5.41) is 4.06. The quantitative estimate of drug-likeness (QED) is 0.448. The third kappa shape index (κ3) is 5.38. The van der Waals surface area contributed by atoms with Crippen LogP contribution in [0.2, 0.25) is 0 Å². The minimum atomic E-state index is -0.347. The van der Waals surface area contributed by atoms with Crippen LogP contribution in [0.3, 0.4) is 0 Å². The standard InChI is InChI=1S/C24H24N2O4/c1-17-8-11-20(12-9-17)30-16-19-14-18(10-13-22(19)28-2)15-25-26-24(27)21-6-4-5-7-23(21)29-3/h4-15H,16H2,1-3H3,(H,26,27). The van der Waals surface area contributed by atoms with Crippen LogP contribution in [0, 0.1) is 6.92 Å². The van der Waals surface area contributed by atoms with E-state index in [1.807, 2.05) is 49.4 Å². The molecular formula is C24H24N2O4. The second-order valence-electron chi connectivity index (χ2n) is 6.57. The van der Waals surface area contributed by atoms with Crippen LogP contribution in [-0.2, 0) is 6.61 Å². The summed E-state index contributed by atoms with van der Waals surface area (Å²) in [5.41, 5.74) is 5.79. The maximum absolute atomic E-state index is 12.3. The zero-order valence-electron chi connectivity index (χ0n) is 17.2. The van der Waals surface area contributed by atoms with Crippen molar-refractivity contribution in [3.63, 3.8) is 0 Å². The lowest BCUT2D eigenvalue weighted by Crippen LogP contribution is -2.18. The van der Waals surface area contributed by atoms with E-state index in [1.165, 1.54) is 12.7 Å². The first-order chi connectivity index (χ1) is 14.6. The van der Waals surface area contributed by atoms with Gasteiger partial charge in [0.2, 0.25) is 0 Å². The highest BCUT2D eigenvalue weighted by Gasteiger charge is 2.10. The van der Waals surface area contributed by atoms with Gasteiger partial charge in [-0.25, -0.2) is 5.43 Å². The summed E-state index contributed by atoms with van der Waals surface area (Å²) in [6, 6.07) is 20.4. The highest BCUT2D eigenvalue weighted by atomic mass is 16.5. The molecule has 154 valence electrons. The maximum atomic E-state index is 12.3. The Kier molecular flexibility index (Phi) is 7.05. The summed E-state index contributed by atoms with van der Waals surface area (Å²) in [5.74, 6) is 1.65. The fourth-order valence-corrected chi connectivity index (χ4v) is 2.85. The first kappa shape index (κ1) is 20.9. The summed E-state index contributed by atoms with van der Waals surface area (Å²) in [6.45, 7) is 2.38. The first-order valence-corrected chi connectivity index (χ1v) is 9.43. The third-order valence-electron chi connectivity index (χ3n) is 4.45. The van der Waals surface area contributed by atoms with Crippen LogP contribution in [0.5, 0.6) is 17.2 Å². The zero-order chi connectivity index (χ0) is 21.3. The minimum absolute atomic E-state index is 0.347. The minimum Gasteiger partial charge on any atom is -0.496 e. The molecule has 0 spiro atoms. The number of para-hydroxylation sites is 1. The Balaban J connectivity index is 1.67. The molecule has 30 heavy (non-hydrogen) atoms. The highest BCUT2D eigenvalue weighted by Crippen LogP contribution is 2.22. The molecule has 0 aromatic heterocycles. The summed E-state index contributed by atoms with van der Waals surface area (Å²) in [4.78, 5) is 12.3. The molecule has 0 atom stereocenters. The van der Waals surface area contributed by atoms with Crippen molar-refractivity contribution in [3.8, 4) is 17.2 Å². The molecule has 0 aliphatic heterocycles. The summed E-state index contributed by atoms with van der Waals surface area (Å²) >= 11 is 0. The van der Waals surface area contributed by atoms with Gasteiger partial charge in [-0.3, -0.25) is 4.79 Å². The molecule has 6 heteroatoms. The largest absolute Gasteiger partial charge is 0.496 e. The van der Waals surface area contributed by atoms with E-state index in [0.717, 1.165) is 22.6 Å². The molecule has 3 rings (SSSR count). The molecule has 1 amide bonds. The number of ether oxygens (including phenoxy) is 3. The van der Waals surface area contributed by atoms with Gasteiger partial charge in [-0.05, 0) is 55.0 Å². The van der Waals surface area contributed by atoms with E-state index >= 15 is 0 Å². The van der Waals surface area contributed by atoms with E-state index in [0.29, 0.717) is 17.9 Å². The number of aryl methyl sites for hydroxylation is 1. The predicted octanol–water partition coefficient (Wildman–Crippen LogP) is 4.36. The average Bonchev–Trinajstić information content (AvgIpc) is 2.78. The lowest BCUT2D eigenvalue weighted by molar-refractivity contribution is 0.0952. The van der Waals surface area contributed by atoms with Gasteiger partial charge in [0.05, 0.1) is 26.0 Å². The number of amides is 1. The van der Waals surface area contributed by atoms with Crippen molar-refractivity contribution >= 4 is 12.1 Å². The number of methoxy groups -OCH3 is 2. The fraction of sp³-hybridized carbons (Fsp3) is 0.167. The van der Waals surface area contributed by atoms with Crippen molar-refractivity contribution in [2.24, 2.45) is 5.10 Å². The second kappa shape index (κ2) is 10.1. The van der Waals surface area contributed by atoms with Gasteiger partial charge in [0.25, 0.3) is 5.91 Å². The van der Waals surface area contributed by atoms with Crippen molar-refractivity contribution in [2.75, 3.05) is 14.2 Å². The SMILES string of the molecule is COc1ccc(C=NNC(=O)c2ccccc2OC)cc1COc1ccc(C)cc1. The fourth-order valence-electron chi connectivity index (χ4n) is 2.85. The number of nitrogens with zero attached hydrogens (tertiary/aromatic N) is 1. The third-order valence-corrected chi connectivity index (χ3v) is 4.45. The van der Waals surface area contributed by atoms with Crippen LogP contribution in [0.25, 0.3) is 0 Å². The Bertz CT molecular complexity index is 1030. The molecule has 3 aromatic carbocycles. The van der Waals surface area contributed by atoms with E-state index in [9.17, 15) is 4.79 Å². The van der Waals surface area contributed by atoms with Gasteiger partial charge in [0.15, 0.2) is 0 Å². The van der Waals surface area contributed by atoms with Crippen molar-refractivity contribution < 1.29 is 19.0 Å². The zero-order valence-corrected chi connectivity index (χ0v) is 17.2. The second-order valence-corrected chi connectivity index (χ2v) is 6.57. The molecule has 1 N–H and O–H groups in total. The summed E-state index contributed by atoms with van der Waals surface area (Å²) < 4.78 is 16.5. The van der Waals surface area contributed by atoms with Crippen molar-refractivity contribution in [3.05, 3.63) is 89.0 Å². The van der Waals surface area contributed by atoms with E-state index in [4.69, 9.17) is 14.2 Å². The van der Waals surface area contributed by atoms with Crippen LogP contribution >= 0.6 is 0 Å². The molecule has 0 saturated heterocycles. The number of carbonyl (C=O) groups excluding carboxylic acids is 1. The van der Waals surface area contributed by atoms with Crippen LogP contribution in [0.15, 0.2) is 71.8 Å². The Labute approximate surface area is 176 Å². The normalized spacial score (nSPS) is 10.6. The van der Waals surface area contributed by atoms with Crippen LogP contribution in [0.1, 0.15) is 27.0 Å². The van der Waals surface area contributed by atoms with Crippen molar-refractivity contribution in [2.45, 2.75) is 13.5 Å². The molecular weight excluding hydrogens is 380 g/mol. The van der Waals surface area contributed by atoms with Crippen molar-refractivity contribution in [1.29, 1.82) is 0 Å². The van der Waals surface area contributed by atoms with Crippen LogP contribution < -0.4 is 19.6 Å². The summed E-state index contributed by atoms with van der Waals surface area (Å²) in [7, 11) is 3.14. The highest BCUT2D eigenvalue weighted by molar-refractivity contribution is 5.97. The molecule has 0 unspecified atom stereocenters. The molecule has 0 fully saturated rings. The van der Waals surface area contributed by atoms with Crippen molar-refractivity contribution in [1.82, 2.24) is 5.43 Å². The van der Waals surface area contributed by atoms with E-state index in [2.05, 4.69) is 10.5 Å². The average molecular weight is 404 g/mol. The number of nitrogens with one attached hydrogen (secondary N) is 1. The van der Waals surface area contributed by atoms with E-state index < -0.39 is 0 Å². The van der Waals surface area contributed by atoms with Crippen LogP contribution in [-0.4, -0.2) is 26.3 Å². The number of hydrogen-bond acceptors (Lipinski definition) is 5. The van der Waals surface area contributed by atoms with E-state index in [-0.39, 0.29) is 5.91 Å². The first-order valence-electron chi connectivity index (χ1n) is 9.43. The van der Waals surface area contributed by atoms with Crippen LogP contribution in [0.4, 0.5) is 0 Å². The molecule has 3 aromatic rings. The molecule has 0 heterocycles. The molecule has 0 radical (unpaired) electrons. The molecule has 6 nitrogen and oxygen atoms in total. The monoisotopic (exact) mass is 404 g/mol. The topological polar surface area (TPSA) is 69.2 Å². The van der Waals surface area contributed by atoms with Gasteiger partial charge in [-0.15, -0.1) is 0 Å². The number of benzene rings is 3. The molecule has 0 aliphatic carbocycles. The summed E-state index contributed by atoms with van der Waals surface area (Å²) in [6.07, 6.45) is 1.57. The van der Waals surface area contributed by atoms with Gasteiger partial charge < -0.3 is 14.2 Å². The molecule has 0 aliphatic rings. The Morgan fingerprint density at radius 1 is 0.967 bits per heavy atom. The van der Waals surface area contributed by atoms with E-state index in [1.54, 1.807) is 37.6 Å². The lowest BCUT2D eigenvalue weighted by atomic mass is 10.1. The Morgan fingerprint density at radius 3 is 2.43 bits per heavy atom. The van der Waals surface area contributed by atoms with Gasteiger partial charge in [-0.1, -0.05) is 29.8 Å². The van der Waals surface area contributed by atoms with Gasteiger partial charge in [0, 0.05) is 5.56 Å². The van der Waals surface area contributed by atoms with Gasteiger partial charge in [0.1, 0.15) is 23.9 Å². The van der Waals surface area contributed by atoms with Gasteiger partial charge >= 0.3 is 0 Å². The lowest BCUT2D eigenvalue weighted by Gasteiger charge is -2.11. The predicted molar refractivity (Wildman–Crippen MR) is 117 cm³/mol. The number of hydrogen-bond donors (Lipinski definition) is 1. The number of rotatable bonds is 8.